The zero-order chi connectivity index (χ0) is 18.5. The molecule has 5 nitrogen and oxygen atoms in total. The zero-order valence-electron chi connectivity index (χ0n) is 14.9. The van der Waals surface area contributed by atoms with Gasteiger partial charge < -0.3 is 15.4 Å². The Labute approximate surface area is 162 Å². The minimum atomic E-state index is -0.125. The van der Waals surface area contributed by atoms with Gasteiger partial charge in [0.1, 0.15) is 11.6 Å². The molecule has 1 aromatic carbocycles. The van der Waals surface area contributed by atoms with Gasteiger partial charge in [0, 0.05) is 17.6 Å². The normalized spacial score (nSPS) is 13.2. The number of hydrogen-bond donors (Lipinski definition) is 2. The van der Waals surface area contributed by atoms with Crippen LogP contribution in [0.4, 0.5) is 5.82 Å². The first-order valence-corrected chi connectivity index (χ1v) is 9.88. The summed E-state index contributed by atoms with van der Waals surface area (Å²) in [5, 5.41) is 7.07. The molecule has 0 atom stereocenters. The van der Waals surface area contributed by atoms with Gasteiger partial charge in [0.2, 0.25) is 0 Å². The van der Waals surface area contributed by atoms with E-state index in [-0.39, 0.29) is 5.91 Å². The van der Waals surface area contributed by atoms with E-state index in [0.717, 1.165) is 28.2 Å². The van der Waals surface area contributed by atoms with Gasteiger partial charge in [0.25, 0.3) is 5.91 Å². The molecule has 2 aromatic heterocycles. The van der Waals surface area contributed by atoms with E-state index in [4.69, 9.17) is 4.74 Å². The van der Waals surface area contributed by atoms with E-state index >= 15 is 0 Å². The van der Waals surface area contributed by atoms with Crippen LogP contribution < -0.4 is 15.4 Å². The molecule has 0 radical (unpaired) electrons. The van der Waals surface area contributed by atoms with Crippen LogP contribution in [0.15, 0.2) is 60.8 Å². The third-order valence-electron chi connectivity index (χ3n) is 4.33. The molecule has 0 spiro atoms. The third kappa shape index (κ3) is 4.86. The monoisotopic (exact) mass is 379 g/mol. The lowest BCUT2D eigenvalue weighted by Crippen LogP contribution is -2.24. The summed E-state index contributed by atoms with van der Waals surface area (Å²) < 4.78 is 5.82. The van der Waals surface area contributed by atoms with Gasteiger partial charge in [-0.2, -0.15) is 0 Å². The Kier molecular flexibility index (Phi) is 5.34. The summed E-state index contributed by atoms with van der Waals surface area (Å²) in [7, 11) is 0. The number of amides is 1. The van der Waals surface area contributed by atoms with Crippen LogP contribution in [0.2, 0.25) is 0 Å². The summed E-state index contributed by atoms with van der Waals surface area (Å²) in [5.74, 6) is 2.05. The quantitative estimate of drug-likeness (QED) is 0.596. The molecule has 0 aliphatic heterocycles. The van der Waals surface area contributed by atoms with Crippen LogP contribution in [-0.4, -0.2) is 17.4 Å². The van der Waals surface area contributed by atoms with Gasteiger partial charge in [-0.3, -0.25) is 4.79 Å². The molecule has 2 N–H and O–H groups in total. The maximum Gasteiger partial charge on any atom is 0.255 e. The lowest BCUT2D eigenvalue weighted by Gasteiger charge is -2.10. The number of carbonyl (C=O) groups is 1. The predicted molar refractivity (Wildman–Crippen MR) is 107 cm³/mol. The van der Waals surface area contributed by atoms with Gasteiger partial charge >= 0.3 is 0 Å². The second-order valence-electron chi connectivity index (χ2n) is 6.54. The van der Waals surface area contributed by atoms with Crippen molar-refractivity contribution in [1.29, 1.82) is 0 Å². The van der Waals surface area contributed by atoms with Gasteiger partial charge in [-0.15, -0.1) is 11.3 Å². The predicted octanol–water partition coefficient (Wildman–Crippen LogP) is 4.69. The minimum absolute atomic E-state index is 0.125. The molecule has 2 heterocycles. The number of aromatic nitrogens is 1. The van der Waals surface area contributed by atoms with Crippen LogP contribution in [0.1, 0.15) is 28.1 Å². The van der Waals surface area contributed by atoms with Crippen LogP contribution in [-0.2, 0) is 6.54 Å². The van der Waals surface area contributed by atoms with Gasteiger partial charge in [0.05, 0.1) is 12.1 Å². The Morgan fingerprint density at radius 1 is 1.11 bits per heavy atom. The fourth-order valence-electron chi connectivity index (χ4n) is 2.67. The second kappa shape index (κ2) is 8.22. The summed E-state index contributed by atoms with van der Waals surface area (Å²) >= 11 is 1.52. The molecule has 6 heteroatoms. The summed E-state index contributed by atoms with van der Waals surface area (Å²) in [6.45, 7) is 1.33. The molecule has 0 bridgehead atoms. The van der Waals surface area contributed by atoms with E-state index < -0.39 is 0 Å². The van der Waals surface area contributed by atoms with Crippen LogP contribution >= 0.6 is 11.3 Å². The average Bonchev–Trinajstić information content (AvgIpc) is 3.44. The Bertz CT molecular complexity index is 907. The third-order valence-corrected chi connectivity index (χ3v) is 5.29. The number of benzene rings is 1. The minimum Gasteiger partial charge on any atom is -0.447 e. The van der Waals surface area contributed by atoms with Crippen molar-refractivity contribution in [3.05, 3.63) is 71.2 Å². The molecule has 1 aliphatic carbocycles. The van der Waals surface area contributed by atoms with Gasteiger partial charge in [-0.05, 0) is 55.2 Å². The van der Waals surface area contributed by atoms with Crippen LogP contribution in [0.3, 0.4) is 0 Å². The van der Waals surface area contributed by atoms with E-state index in [9.17, 15) is 4.79 Å². The zero-order valence-corrected chi connectivity index (χ0v) is 15.7. The van der Waals surface area contributed by atoms with Crippen molar-refractivity contribution in [2.75, 3.05) is 11.9 Å². The second-order valence-corrected chi connectivity index (χ2v) is 7.67. The molecule has 1 saturated carbocycles. The number of nitrogens with zero attached hydrogens (tertiary/aromatic N) is 1. The van der Waals surface area contributed by atoms with E-state index in [2.05, 4.69) is 15.6 Å². The smallest absolute Gasteiger partial charge is 0.255 e. The van der Waals surface area contributed by atoms with Crippen molar-refractivity contribution < 1.29 is 9.53 Å². The lowest BCUT2D eigenvalue weighted by atomic mass is 10.2. The van der Waals surface area contributed by atoms with Gasteiger partial charge in [0.15, 0.2) is 5.06 Å². The average molecular weight is 379 g/mol. The molecular weight excluding hydrogens is 358 g/mol. The Morgan fingerprint density at radius 3 is 2.78 bits per heavy atom. The maximum absolute atomic E-state index is 12.6. The summed E-state index contributed by atoms with van der Waals surface area (Å²) in [5.41, 5.74) is 0.579. The Hall–Kier alpha value is -2.86. The van der Waals surface area contributed by atoms with Crippen molar-refractivity contribution in [3.8, 4) is 10.8 Å². The number of hydrogen-bond acceptors (Lipinski definition) is 5. The molecule has 138 valence electrons. The molecule has 3 aromatic rings. The van der Waals surface area contributed by atoms with Crippen LogP contribution in [0.25, 0.3) is 0 Å². The Morgan fingerprint density at radius 2 is 1.96 bits per heavy atom. The standard InChI is InChI=1S/C21H21N3O2S/c25-21(18-7-4-12-22-20(18)23-13-15-8-9-15)24-14-17-10-11-19(27-17)26-16-5-2-1-3-6-16/h1-7,10-12,15H,8-9,13-14H2,(H,22,23)(H,24,25). The Balaban J connectivity index is 1.34. The van der Waals surface area contributed by atoms with Crippen LogP contribution in [0, 0.1) is 5.92 Å². The number of nitrogens with one attached hydrogen (secondary N) is 2. The number of carbonyl (C=O) groups excluding carboxylic acids is 1. The highest BCUT2D eigenvalue weighted by atomic mass is 32.1. The van der Waals surface area contributed by atoms with E-state index in [1.807, 2.05) is 42.5 Å². The largest absolute Gasteiger partial charge is 0.447 e. The highest BCUT2D eigenvalue weighted by molar-refractivity contribution is 7.13. The van der Waals surface area contributed by atoms with Crippen molar-refractivity contribution in [2.24, 2.45) is 5.92 Å². The first kappa shape index (κ1) is 17.5. The highest BCUT2D eigenvalue weighted by Crippen LogP contribution is 2.30. The fraction of sp³-hybridized carbons (Fsp3) is 0.238. The number of pyridine rings is 1. The molecule has 4 rings (SSSR count). The molecule has 1 fully saturated rings. The SMILES string of the molecule is O=C(NCc1ccc(Oc2ccccc2)s1)c1cccnc1NCC1CC1. The number of rotatable bonds is 8. The highest BCUT2D eigenvalue weighted by Gasteiger charge is 2.22. The van der Waals surface area contributed by atoms with Gasteiger partial charge in [-0.25, -0.2) is 4.98 Å². The number of thiophene rings is 1. The summed E-state index contributed by atoms with van der Waals surface area (Å²) in [6.07, 6.45) is 4.22. The number of para-hydroxylation sites is 1. The molecule has 1 aliphatic rings. The fourth-order valence-corrected chi connectivity index (χ4v) is 3.48. The maximum atomic E-state index is 12.6. The molecule has 0 unspecified atom stereocenters. The van der Waals surface area contributed by atoms with E-state index in [1.54, 1.807) is 18.3 Å². The summed E-state index contributed by atoms with van der Waals surface area (Å²) in [6, 6.07) is 17.1. The van der Waals surface area contributed by atoms with Crippen molar-refractivity contribution in [1.82, 2.24) is 10.3 Å². The molecule has 0 saturated heterocycles. The number of ether oxygens (including phenoxy) is 1. The number of anilines is 1. The lowest BCUT2D eigenvalue weighted by molar-refractivity contribution is 0.0952. The first-order valence-electron chi connectivity index (χ1n) is 9.06. The van der Waals surface area contributed by atoms with Gasteiger partial charge in [-0.1, -0.05) is 18.2 Å². The molecule has 27 heavy (non-hydrogen) atoms. The topological polar surface area (TPSA) is 63.2 Å². The van der Waals surface area contributed by atoms with E-state index in [1.165, 1.54) is 24.2 Å². The first-order chi connectivity index (χ1) is 13.3. The van der Waals surface area contributed by atoms with E-state index in [0.29, 0.717) is 17.9 Å². The molecular formula is C21H21N3O2S. The summed E-state index contributed by atoms with van der Waals surface area (Å²) in [4.78, 5) is 17.9. The van der Waals surface area contributed by atoms with Crippen molar-refractivity contribution >= 4 is 23.1 Å². The molecule has 1 amide bonds. The van der Waals surface area contributed by atoms with Crippen molar-refractivity contribution in [2.45, 2.75) is 19.4 Å². The van der Waals surface area contributed by atoms with Crippen LogP contribution in [0.5, 0.6) is 10.8 Å². The van der Waals surface area contributed by atoms with Crippen molar-refractivity contribution in [3.63, 3.8) is 0 Å².